The first kappa shape index (κ1) is 14.3. The van der Waals surface area contributed by atoms with Crippen LogP contribution in [0.5, 0.6) is 0 Å². The molecule has 0 fully saturated rings. The summed E-state index contributed by atoms with van der Waals surface area (Å²) in [5, 5.41) is 9.72. The smallest absolute Gasteiger partial charge is 0.315 e. The summed E-state index contributed by atoms with van der Waals surface area (Å²) in [5.74, 6) is 0.730. The van der Waals surface area contributed by atoms with Crippen molar-refractivity contribution in [3.8, 4) is 11.4 Å². The van der Waals surface area contributed by atoms with Gasteiger partial charge in [0, 0.05) is 12.1 Å². The Bertz CT molecular complexity index is 585. The predicted octanol–water partition coefficient (Wildman–Crippen LogP) is 2.60. The average Bonchev–Trinajstić information content (AvgIpc) is 2.92. The fourth-order valence-electron chi connectivity index (χ4n) is 1.54. The summed E-state index contributed by atoms with van der Waals surface area (Å²) in [7, 11) is 0. The van der Waals surface area contributed by atoms with Crippen LogP contribution in [0, 0.1) is 0 Å². The lowest BCUT2D eigenvalue weighted by atomic mass is 10.2. The number of benzene rings is 1. The van der Waals surface area contributed by atoms with Gasteiger partial charge in [-0.1, -0.05) is 35.8 Å². The van der Waals surface area contributed by atoms with Crippen molar-refractivity contribution < 1.29 is 9.32 Å². The van der Waals surface area contributed by atoms with Crippen molar-refractivity contribution in [3.05, 3.63) is 35.2 Å². The quantitative estimate of drug-likeness (QED) is 0.888. The Labute approximate surface area is 121 Å². The van der Waals surface area contributed by atoms with E-state index in [1.807, 2.05) is 19.1 Å². The third-order valence-electron chi connectivity index (χ3n) is 2.52. The van der Waals surface area contributed by atoms with Gasteiger partial charge in [0.1, 0.15) is 0 Å². The maximum absolute atomic E-state index is 11.4. The van der Waals surface area contributed by atoms with Crippen LogP contribution in [0.25, 0.3) is 11.4 Å². The highest BCUT2D eigenvalue weighted by Gasteiger charge is 2.11. The van der Waals surface area contributed by atoms with Crippen LogP contribution in [0.2, 0.25) is 5.02 Å². The van der Waals surface area contributed by atoms with Crippen LogP contribution in [-0.2, 0) is 6.54 Å². The number of nitrogens with one attached hydrogen (secondary N) is 2. The normalized spacial score (nSPS) is 10.3. The van der Waals surface area contributed by atoms with Crippen LogP contribution >= 0.6 is 11.6 Å². The molecular weight excluding hydrogens is 280 g/mol. The van der Waals surface area contributed by atoms with E-state index < -0.39 is 0 Å². The van der Waals surface area contributed by atoms with Gasteiger partial charge >= 0.3 is 6.03 Å². The number of carbonyl (C=O) groups is 1. The summed E-state index contributed by atoms with van der Waals surface area (Å²) in [4.78, 5) is 15.6. The fourth-order valence-corrected chi connectivity index (χ4v) is 1.76. The van der Waals surface area contributed by atoms with E-state index in [4.69, 9.17) is 16.1 Å². The molecule has 2 N–H and O–H groups in total. The van der Waals surface area contributed by atoms with Crippen LogP contribution in [0.3, 0.4) is 0 Å². The van der Waals surface area contributed by atoms with Gasteiger partial charge in [0.05, 0.1) is 11.6 Å². The Morgan fingerprint density at radius 1 is 1.35 bits per heavy atom. The number of hydrogen-bond acceptors (Lipinski definition) is 4. The zero-order valence-electron chi connectivity index (χ0n) is 11.0. The maximum Gasteiger partial charge on any atom is 0.315 e. The third-order valence-corrected chi connectivity index (χ3v) is 2.85. The largest absolute Gasteiger partial charge is 0.338 e. The monoisotopic (exact) mass is 294 g/mol. The van der Waals surface area contributed by atoms with E-state index in [0.717, 1.165) is 6.42 Å². The van der Waals surface area contributed by atoms with Crippen molar-refractivity contribution in [3.63, 3.8) is 0 Å². The highest BCUT2D eigenvalue weighted by molar-refractivity contribution is 6.33. The van der Waals surface area contributed by atoms with Gasteiger partial charge in [-0.3, -0.25) is 0 Å². The molecule has 0 atom stereocenters. The van der Waals surface area contributed by atoms with E-state index in [9.17, 15) is 4.79 Å². The molecule has 0 unspecified atom stereocenters. The minimum Gasteiger partial charge on any atom is -0.338 e. The minimum absolute atomic E-state index is 0.174. The molecule has 2 aromatic rings. The number of rotatable bonds is 5. The van der Waals surface area contributed by atoms with E-state index in [2.05, 4.69) is 20.8 Å². The molecule has 0 aliphatic carbocycles. The van der Waals surface area contributed by atoms with Crippen molar-refractivity contribution >= 4 is 17.6 Å². The van der Waals surface area contributed by atoms with Gasteiger partial charge in [-0.15, -0.1) is 0 Å². The highest BCUT2D eigenvalue weighted by Crippen LogP contribution is 2.24. The third kappa shape index (κ3) is 3.71. The molecule has 7 heteroatoms. The van der Waals surface area contributed by atoms with Gasteiger partial charge in [-0.2, -0.15) is 4.98 Å². The molecule has 0 bridgehead atoms. The minimum atomic E-state index is -0.260. The zero-order valence-corrected chi connectivity index (χ0v) is 11.8. The number of nitrogens with zero attached hydrogens (tertiary/aromatic N) is 2. The van der Waals surface area contributed by atoms with E-state index in [0.29, 0.717) is 28.8 Å². The molecule has 6 nitrogen and oxygen atoms in total. The number of amides is 2. The van der Waals surface area contributed by atoms with Crippen molar-refractivity contribution in [2.75, 3.05) is 6.54 Å². The van der Waals surface area contributed by atoms with Gasteiger partial charge < -0.3 is 15.2 Å². The Kier molecular flexibility index (Phi) is 4.95. The highest BCUT2D eigenvalue weighted by atomic mass is 35.5. The van der Waals surface area contributed by atoms with Crippen LogP contribution in [0.4, 0.5) is 4.79 Å². The van der Waals surface area contributed by atoms with Crippen molar-refractivity contribution in [1.29, 1.82) is 0 Å². The first-order valence-corrected chi connectivity index (χ1v) is 6.67. The number of hydrogen-bond donors (Lipinski definition) is 2. The molecule has 1 heterocycles. The molecule has 1 aromatic carbocycles. The maximum atomic E-state index is 11.4. The average molecular weight is 295 g/mol. The Morgan fingerprint density at radius 2 is 2.15 bits per heavy atom. The van der Waals surface area contributed by atoms with Gasteiger partial charge in [0.2, 0.25) is 11.7 Å². The SMILES string of the molecule is CCCNC(=O)NCc1nc(-c2ccccc2Cl)no1. The van der Waals surface area contributed by atoms with Gasteiger partial charge in [-0.25, -0.2) is 4.79 Å². The lowest BCUT2D eigenvalue weighted by Gasteiger charge is -2.03. The number of carbonyl (C=O) groups excluding carboxylic acids is 1. The fraction of sp³-hybridized carbons (Fsp3) is 0.308. The topological polar surface area (TPSA) is 80.0 Å². The molecule has 2 rings (SSSR count). The summed E-state index contributed by atoms with van der Waals surface area (Å²) in [6.45, 7) is 2.78. The molecule has 0 aliphatic heterocycles. The van der Waals surface area contributed by atoms with E-state index >= 15 is 0 Å². The summed E-state index contributed by atoms with van der Waals surface area (Å²) in [6, 6.07) is 6.96. The van der Waals surface area contributed by atoms with Gasteiger partial charge in [0.15, 0.2) is 0 Å². The molecule has 0 radical (unpaired) electrons. The first-order chi connectivity index (χ1) is 9.70. The second kappa shape index (κ2) is 6.91. The van der Waals surface area contributed by atoms with Crippen LogP contribution in [0.15, 0.2) is 28.8 Å². The van der Waals surface area contributed by atoms with Gasteiger partial charge in [-0.05, 0) is 18.6 Å². The Morgan fingerprint density at radius 3 is 2.90 bits per heavy atom. The molecule has 0 saturated heterocycles. The number of halogens is 1. The Hall–Kier alpha value is -2.08. The molecule has 20 heavy (non-hydrogen) atoms. The molecule has 0 saturated carbocycles. The summed E-state index contributed by atoms with van der Waals surface area (Å²) < 4.78 is 5.07. The molecular formula is C13H15ClN4O2. The lowest BCUT2D eigenvalue weighted by molar-refractivity contribution is 0.238. The van der Waals surface area contributed by atoms with Crippen molar-refractivity contribution in [1.82, 2.24) is 20.8 Å². The second-order valence-corrected chi connectivity index (χ2v) is 4.51. The summed E-state index contributed by atoms with van der Waals surface area (Å²) in [5.41, 5.74) is 0.694. The molecule has 106 valence electrons. The number of urea groups is 1. The molecule has 0 spiro atoms. The summed E-state index contributed by atoms with van der Waals surface area (Å²) in [6.07, 6.45) is 0.880. The van der Waals surface area contributed by atoms with Gasteiger partial charge in [0.25, 0.3) is 0 Å². The number of aromatic nitrogens is 2. The predicted molar refractivity (Wildman–Crippen MR) is 75.3 cm³/mol. The first-order valence-electron chi connectivity index (χ1n) is 6.30. The molecule has 2 amide bonds. The zero-order chi connectivity index (χ0) is 14.4. The van der Waals surface area contributed by atoms with Crippen LogP contribution in [0.1, 0.15) is 19.2 Å². The van der Waals surface area contributed by atoms with Crippen LogP contribution in [-0.4, -0.2) is 22.7 Å². The standard InChI is InChI=1S/C13H15ClN4O2/c1-2-7-15-13(19)16-8-11-17-12(18-20-11)9-5-3-4-6-10(9)14/h3-6H,2,7-8H2,1H3,(H2,15,16,19). The lowest BCUT2D eigenvalue weighted by Crippen LogP contribution is -2.35. The molecule has 0 aliphatic rings. The van der Waals surface area contributed by atoms with E-state index in [-0.39, 0.29) is 12.6 Å². The van der Waals surface area contributed by atoms with Crippen LogP contribution < -0.4 is 10.6 Å². The molecule has 1 aromatic heterocycles. The van der Waals surface area contributed by atoms with Crippen molar-refractivity contribution in [2.45, 2.75) is 19.9 Å². The second-order valence-electron chi connectivity index (χ2n) is 4.10. The van der Waals surface area contributed by atoms with E-state index in [1.54, 1.807) is 12.1 Å². The Balaban J connectivity index is 1.96. The summed E-state index contributed by atoms with van der Waals surface area (Å²) >= 11 is 6.05. The van der Waals surface area contributed by atoms with E-state index in [1.165, 1.54) is 0 Å². The van der Waals surface area contributed by atoms with Crippen molar-refractivity contribution in [2.24, 2.45) is 0 Å².